The first-order valence-corrected chi connectivity index (χ1v) is 10.2. The first kappa shape index (κ1) is 19.1. The summed E-state index contributed by atoms with van der Waals surface area (Å²) in [6.07, 6.45) is 0.654. The van der Waals surface area contributed by atoms with Crippen molar-refractivity contribution in [3.63, 3.8) is 0 Å². The number of rotatable bonds is 5. The highest BCUT2D eigenvalue weighted by Gasteiger charge is 2.42. The van der Waals surface area contributed by atoms with Crippen molar-refractivity contribution < 1.29 is 13.9 Å². The van der Waals surface area contributed by atoms with E-state index in [-0.39, 0.29) is 17.1 Å². The molecule has 0 saturated heterocycles. The minimum atomic E-state index is -0.470. The minimum absolute atomic E-state index is 0.146. The molecule has 1 aromatic heterocycles. The number of ether oxygens (including phenoxy) is 1. The van der Waals surface area contributed by atoms with E-state index in [0.717, 1.165) is 16.9 Å². The molecule has 1 aliphatic rings. The fraction of sp³-hybridized carbons (Fsp3) is 0.154. The molecule has 0 radical (unpaired) electrons. The molecule has 4 aromatic rings. The molecule has 0 unspecified atom stereocenters. The van der Waals surface area contributed by atoms with Crippen LogP contribution in [0.15, 0.2) is 88.1 Å². The highest BCUT2D eigenvalue weighted by Crippen LogP contribution is 2.38. The summed E-state index contributed by atoms with van der Waals surface area (Å²) in [7, 11) is 1.63. The van der Waals surface area contributed by atoms with Gasteiger partial charge in [0.05, 0.1) is 24.1 Å². The lowest BCUT2D eigenvalue weighted by atomic mass is 9.98. The van der Waals surface area contributed by atoms with Crippen molar-refractivity contribution >= 4 is 16.9 Å². The second-order valence-electron chi connectivity index (χ2n) is 7.58. The topological polar surface area (TPSA) is 59.8 Å². The van der Waals surface area contributed by atoms with E-state index in [9.17, 15) is 9.59 Å². The van der Waals surface area contributed by atoms with Crippen molar-refractivity contribution in [2.24, 2.45) is 0 Å². The number of amides is 1. The lowest BCUT2D eigenvalue weighted by Crippen LogP contribution is -2.31. The van der Waals surface area contributed by atoms with E-state index >= 15 is 0 Å². The molecule has 3 aromatic carbocycles. The molecule has 0 N–H and O–H groups in total. The van der Waals surface area contributed by atoms with Crippen LogP contribution in [0.3, 0.4) is 0 Å². The van der Waals surface area contributed by atoms with Gasteiger partial charge in [0.1, 0.15) is 11.3 Å². The Morgan fingerprint density at radius 2 is 1.61 bits per heavy atom. The van der Waals surface area contributed by atoms with Crippen LogP contribution in [-0.4, -0.2) is 24.5 Å². The number of para-hydroxylation sites is 1. The van der Waals surface area contributed by atoms with Crippen LogP contribution in [0.5, 0.6) is 5.75 Å². The van der Waals surface area contributed by atoms with Crippen LogP contribution in [-0.2, 0) is 6.42 Å². The van der Waals surface area contributed by atoms with Gasteiger partial charge in [0, 0.05) is 6.54 Å². The zero-order valence-electron chi connectivity index (χ0n) is 17.1. The smallest absolute Gasteiger partial charge is 0.290 e. The van der Waals surface area contributed by atoms with Crippen LogP contribution in [0, 0.1) is 0 Å². The monoisotopic (exact) mass is 411 g/mol. The van der Waals surface area contributed by atoms with Gasteiger partial charge in [-0.05, 0) is 41.8 Å². The Hall–Kier alpha value is -3.86. The maximum atomic E-state index is 13.4. The molecule has 154 valence electrons. The number of hydrogen-bond donors (Lipinski definition) is 0. The largest absolute Gasteiger partial charge is 0.497 e. The number of carbonyl (C=O) groups is 1. The fourth-order valence-electron chi connectivity index (χ4n) is 4.22. The van der Waals surface area contributed by atoms with E-state index in [1.807, 2.05) is 54.6 Å². The van der Waals surface area contributed by atoms with Gasteiger partial charge in [-0.1, -0.05) is 54.6 Å². The predicted molar refractivity (Wildman–Crippen MR) is 119 cm³/mol. The van der Waals surface area contributed by atoms with Gasteiger partial charge in [0.25, 0.3) is 5.91 Å². The molecule has 1 atom stereocenters. The second-order valence-corrected chi connectivity index (χ2v) is 7.58. The molecule has 0 aliphatic carbocycles. The summed E-state index contributed by atoms with van der Waals surface area (Å²) in [4.78, 5) is 28.5. The predicted octanol–water partition coefficient (Wildman–Crippen LogP) is 4.59. The molecular weight excluding hydrogens is 390 g/mol. The zero-order valence-corrected chi connectivity index (χ0v) is 17.1. The van der Waals surface area contributed by atoms with Gasteiger partial charge in [-0.3, -0.25) is 9.59 Å². The van der Waals surface area contributed by atoms with Crippen LogP contribution < -0.4 is 10.2 Å². The Balaban J connectivity index is 1.58. The third-order valence-electron chi connectivity index (χ3n) is 5.79. The second kappa shape index (κ2) is 7.76. The third kappa shape index (κ3) is 3.28. The van der Waals surface area contributed by atoms with Gasteiger partial charge >= 0.3 is 0 Å². The van der Waals surface area contributed by atoms with Gasteiger partial charge < -0.3 is 14.1 Å². The quantitative estimate of drug-likeness (QED) is 0.482. The van der Waals surface area contributed by atoms with Gasteiger partial charge in [-0.25, -0.2) is 0 Å². The van der Waals surface area contributed by atoms with E-state index in [2.05, 4.69) is 0 Å². The summed E-state index contributed by atoms with van der Waals surface area (Å²) in [5.41, 5.74) is 2.69. The molecule has 0 spiro atoms. The summed E-state index contributed by atoms with van der Waals surface area (Å²) >= 11 is 0. The Morgan fingerprint density at radius 1 is 0.903 bits per heavy atom. The summed E-state index contributed by atoms with van der Waals surface area (Å²) in [6.45, 7) is 0.463. The summed E-state index contributed by atoms with van der Waals surface area (Å²) in [5.74, 6) is 0.685. The molecule has 0 bridgehead atoms. The molecule has 5 rings (SSSR count). The third-order valence-corrected chi connectivity index (χ3v) is 5.79. The first-order valence-electron chi connectivity index (χ1n) is 10.2. The summed E-state index contributed by atoms with van der Waals surface area (Å²) in [5, 5.41) is 0.493. The first-order chi connectivity index (χ1) is 15.2. The number of fused-ring (bicyclic) bond motifs is 2. The van der Waals surface area contributed by atoms with Crippen LogP contribution in [0.1, 0.15) is 33.3 Å². The summed E-state index contributed by atoms with van der Waals surface area (Å²) < 4.78 is 11.2. The molecule has 2 heterocycles. The molecule has 0 fully saturated rings. The highest BCUT2D eigenvalue weighted by atomic mass is 16.5. The summed E-state index contributed by atoms with van der Waals surface area (Å²) in [6, 6.07) is 24.0. The Kier molecular flexibility index (Phi) is 4.79. The average Bonchev–Trinajstić information content (AvgIpc) is 3.10. The van der Waals surface area contributed by atoms with Crippen LogP contribution in [0.25, 0.3) is 11.0 Å². The molecule has 1 amide bonds. The molecule has 1 aliphatic heterocycles. The lowest BCUT2D eigenvalue weighted by Gasteiger charge is -2.25. The number of nitrogens with zero attached hydrogens (tertiary/aromatic N) is 1. The van der Waals surface area contributed by atoms with Gasteiger partial charge in [-0.2, -0.15) is 0 Å². The molecule has 5 nitrogen and oxygen atoms in total. The van der Waals surface area contributed by atoms with Gasteiger partial charge in [-0.15, -0.1) is 0 Å². The van der Waals surface area contributed by atoms with E-state index in [0.29, 0.717) is 29.5 Å². The number of benzene rings is 3. The number of methoxy groups -OCH3 is 1. The Morgan fingerprint density at radius 3 is 2.35 bits per heavy atom. The van der Waals surface area contributed by atoms with Gasteiger partial charge in [0.15, 0.2) is 5.43 Å². The molecule has 5 heteroatoms. The van der Waals surface area contributed by atoms with Crippen molar-refractivity contribution in [1.82, 2.24) is 4.90 Å². The maximum absolute atomic E-state index is 13.4. The van der Waals surface area contributed by atoms with E-state index in [4.69, 9.17) is 9.15 Å². The molecule has 31 heavy (non-hydrogen) atoms. The zero-order chi connectivity index (χ0) is 21.4. The molecular formula is C26H21NO4. The van der Waals surface area contributed by atoms with E-state index < -0.39 is 6.04 Å². The number of hydrogen-bond acceptors (Lipinski definition) is 4. The van der Waals surface area contributed by atoms with Crippen LogP contribution in [0.2, 0.25) is 0 Å². The molecule has 0 saturated carbocycles. The average molecular weight is 411 g/mol. The van der Waals surface area contributed by atoms with Crippen molar-refractivity contribution in [3.8, 4) is 5.75 Å². The lowest BCUT2D eigenvalue weighted by molar-refractivity contribution is 0.0730. The maximum Gasteiger partial charge on any atom is 0.290 e. The van der Waals surface area contributed by atoms with Crippen molar-refractivity contribution in [2.75, 3.05) is 13.7 Å². The number of carbonyl (C=O) groups excluding carboxylic acids is 1. The van der Waals surface area contributed by atoms with Gasteiger partial charge in [0.2, 0.25) is 5.76 Å². The minimum Gasteiger partial charge on any atom is -0.497 e. The standard InChI is InChI=1S/C26H21NO4/c1-30-19-13-11-17(12-14-19)15-16-27-23(18-7-3-2-4-8-18)22-24(28)20-9-5-6-10-21(20)31-25(22)26(27)29/h2-14,23H,15-16H2,1H3/t23-/m1/s1. The van der Waals surface area contributed by atoms with Crippen molar-refractivity contribution in [2.45, 2.75) is 12.5 Å². The highest BCUT2D eigenvalue weighted by molar-refractivity contribution is 5.99. The van der Waals surface area contributed by atoms with Crippen molar-refractivity contribution in [1.29, 1.82) is 0 Å². The Labute approximate surface area is 179 Å². The van der Waals surface area contributed by atoms with Crippen molar-refractivity contribution in [3.05, 3.63) is 112 Å². The van der Waals surface area contributed by atoms with E-state index in [1.54, 1.807) is 36.3 Å². The van der Waals surface area contributed by atoms with Crippen LogP contribution in [0.4, 0.5) is 0 Å². The normalized spacial score (nSPS) is 15.3. The van der Waals surface area contributed by atoms with E-state index in [1.165, 1.54) is 0 Å². The Bertz CT molecular complexity index is 1310. The SMILES string of the molecule is COc1ccc(CCN2C(=O)c3oc4ccccc4c(=O)c3[C@H]2c2ccccc2)cc1. The fourth-order valence-corrected chi connectivity index (χ4v) is 4.22. The van der Waals surface area contributed by atoms with Crippen LogP contribution >= 0.6 is 0 Å².